The summed E-state index contributed by atoms with van der Waals surface area (Å²) in [6, 6.07) is 6.49. The second-order valence-electron chi connectivity index (χ2n) is 9.25. The number of halogens is 1. The highest BCUT2D eigenvalue weighted by atomic mass is 19.1. The summed E-state index contributed by atoms with van der Waals surface area (Å²) in [5.41, 5.74) is -0.240. The first kappa shape index (κ1) is 18.8. The van der Waals surface area contributed by atoms with Gasteiger partial charge < -0.3 is 15.0 Å². The quantitative estimate of drug-likeness (QED) is 0.794. The van der Waals surface area contributed by atoms with Crippen LogP contribution < -0.4 is 5.32 Å². The number of rotatable bonds is 4. The largest absolute Gasteiger partial charge is 0.360 e. The lowest BCUT2D eigenvalue weighted by molar-refractivity contribution is -0.139. The first-order valence-corrected chi connectivity index (χ1v) is 10.6. The Morgan fingerprint density at radius 3 is 2.59 bits per heavy atom. The van der Waals surface area contributed by atoms with Gasteiger partial charge in [-0.3, -0.25) is 9.59 Å². The van der Waals surface area contributed by atoms with E-state index >= 15 is 0 Å². The maximum Gasteiger partial charge on any atom is 0.230 e. The number of fused-ring (bicyclic) bond motifs is 1. The maximum absolute atomic E-state index is 13.5. The molecule has 1 aromatic rings. The van der Waals surface area contributed by atoms with Crippen molar-refractivity contribution in [3.8, 4) is 0 Å². The van der Waals surface area contributed by atoms with Crippen molar-refractivity contribution < 1.29 is 18.7 Å². The molecule has 4 aliphatic rings. The van der Waals surface area contributed by atoms with Gasteiger partial charge in [-0.25, -0.2) is 4.39 Å². The summed E-state index contributed by atoms with van der Waals surface area (Å²) in [6.07, 6.45) is 7.23. The summed E-state index contributed by atoms with van der Waals surface area (Å²) >= 11 is 0. The minimum atomic E-state index is -0.674. The monoisotopic (exact) mass is 398 g/mol. The second kappa shape index (κ2) is 6.39. The number of hydrogen-bond donors (Lipinski definition) is 1. The van der Waals surface area contributed by atoms with E-state index < -0.39 is 23.0 Å². The molecule has 4 atom stereocenters. The molecule has 0 aromatic heterocycles. The summed E-state index contributed by atoms with van der Waals surface area (Å²) in [4.78, 5) is 28.5. The molecule has 3 aliphatic heterocycles. The summed E-state index contributed by atoms with van der Waals surface area (Å²) in [7, 11) is 0. The van der Waals surface area contributed by atoms with Crippen LogP contribution in [0.2, 0.25) is 0 Å². The van der Waals surface area contributed by atoms with Crippen molar-refractivity contribution in [2.24, 2.45) is 11.8 Å². The normalized spacial score (nSPS) is 34.3. The van der Waals surface area contributed by atoms with E-state index in [1.165, 1.54) is 12.1 Å². The zero-order chi connectivity index (χ0) is 20.4. The molecule has 3 fully saturated rings. The number of carbonyl (C=O) groups is 2. The second-order valence-corrected chi connectivity index (χ2v) is 9.25. The van der Waals surface area contributed by atoms with Crippen molar-refractivity contribution in [2.75, 3.05) is 6.54 Å². The molecule has 2 bridgehead atoms. The van der Waals surface area contributed by atoms with Crippen LogP contribution in [-0.4, -0.2) is 41.0 Å². The maximum atomic E-state index is 13.5. The van der Waals surface area contributed by atoms with Gasteiger partial charge in [0, 0.05) is 6.04 Å². The van der Waals surface area contributed by atoms with Crippen LogP contribution in [0.4, 0.5) is 4.39 Å². The molecule has 2 amide bonds. The molecule has 5 nitrogen and oxygen atoms in total. The van der Waals surface area contributed by atoms with E-state index in [-0.39, 0.29) is 29.8 Å². The first-order chi connectivity index (χ1) is 13.9. The van der Waals surface area contributed by atoms with Crippen LogP contribution in [0.1, 0.15) is 45.1 Å². The molecule has 5 rings (SSSR count). The van der Waals surface area contributed by atoms with Crippen molar-refractivity contribution in [1.82, 2.24) is 10.2 Å². The lowest BCUT2D eigenvalue weighted by Gasteiger charge is -2.34. The number of hydrogen-bond acceptors (Lipinski definition) is 3. The fraction of sp³-hybridized carbons (Fsp3) is 0.565. The van der Waals surface area contributed by atoms with Crippen molar-refractivity contribution in [2.45, 2.75) is 62.8 Å². The Morgan fingerprint density at radius 1 is 1.24 bits per heavy atom. The molecule has 1 aromatic carbocycles. The molecule has 1 aliphatic carbocycles. The summed E-state index contributed by atoms with van der Waals surface area (Å²) in [5.74, 6) is -1.39. The molecule has 1 N–H and O–H groups in total. The third-order valence-corrected chi connectivity index (χ3v) is 7.27. The van der Waals surface area contributed by atoms with Gasteiger partial charge in [0.25, 0.3) is 0 Å². The molecular formula is C23H27FN2O3. The van der Waals surface area contributed by atoms with Crippen LogP contribution in [0.15, 0.2) is 36.4 Å². The fourth-order valence-electron chi connectivity index (χ4n) is 5.82. The fourth-order valence-corrected chi connectivity index (χ4v) is 5.82. The van der Waals surface area contributed by atoms with Gasteiger partial charge in [-0.2, -0.15) is 0 Å². The Hall–Kier alpha value is -2.21. The van der Waals surface area contributed by atoms with Crippen LogP contribution in [0.3, 0.4) is 0 Å². The van der Waals surface area contributed by atoms with Crippen LogP contribution in [0, 0.1) is 17.7 Å². The Labute approximate surface area is 170 Å². The van der Waals surface area contributed by atoms with E-state index in [0.717, 1.165) is 31.2 Å². The van der Waals surface area contributed by atoms with E-state index in [1.807, 2.05) is 30.9 Å². The lowest BCUT2D eigenvalue weighted by atomic mass is 9.76. The van der Waals surface area contributed by atoms with E-state index in [0.29, 0.717) is 6.54 Å². The number of benzene rings is 1. The number of likely N-dealkylation sites (tertiary alicyclic amines) is 1. The highest BCUT2D eigenvalue weighted by molar-refractivity contribution is 5.93. The number of carbonyl (C=O) groups excluding carboxylic acids is 2. The van der Waals surface area contributed by atoms with E-state index in [4.69, 9.17) is 4.74 Å². The van der Waals surface area contributed by atoms with E-state index in [2.05, 4.69) is 5.32 Å². The molecule has 1 spiro atoms. The predicted molar refractivity (Wildman–Crippen MR) is 105 cm³/mol. The van der Waals surface area contributed by atoms with Gasteiger partial charge in [0.15, 0.2) is 0 Å². The predicted octanol–water partition coefficient (Wildman–Crippen LogP) is 2.90. The van der Waals surface area contributed by atoms with Gasteiger partial charge >= 0.3 is 0 Å². The van der Waals surface area contributed by atoms with Crippen LogP contribution >= 0.6 is 0 Å². The Balaban J connectivity index is 1.44. The Kier molecular flexibility index (Phi) is 4.14. The molecule has 1 saturated carbocycles. The van der Waals surface area contributed by atoms with E-state index in [9.17, 15) is 14.0 Å². The summed E-state index contributed by atoms with van der Waals surface area (Å²) in [6.45, 7) is 4.49. The highest BCUT2D eigenvalue weighted by Crippen LogP contribution is 2.52. The van der Waals surface area contributed by atoms with Gasteiger partial charge in [0.05, 0.1) is 30.0 Å². The van der Waals surface area contributed by atoms with Crippen LogP contribution in [-0.2, 0) is 19.9 Å². The number of amides is 2. The number of nitrogens with zero attached hydrogens (tertiary/aromatic N) is 1. The Morgan fingerprint density at radius 2 is 1.93 bits per heavy atom. The Bertz CT molecular complexity index is 875. The molecule has 6 heteroatoms. The standard InChI is InChI=1S/C23H27FN2O3/c1-14(2)26-13-23-12-9-17(29-23)18(19(23)21(26)28)20(27)25-22(10-3-4-11-22)15-5-7-16(24)8-6-15/h5-9,12,14,17-19H,3-4,10-11,13H2,1-2H3,(H,25,27)/t17-,18-,19+,23+/m0/s1. The topological polar surface area (TPSA) is 58.6 Å². The summed E-state index contributed by atoms with van der Waals surface area (Å²) < 4.78 is 19.6. The van der Waals surface area contributed by atoms with Crippen molar-refractivity contribution in [1.29, 1.82) is 0 Å². The van der Waals surface area contributed by atoms with Gasteiger partial charge in [-0.05, 0) is 44.4 Å². The average molecular weight is 398 g/mol. The molecule has 3 heterocycles. The third kappa shape index (κ3) is 2.68. The molecule has 154 valence electrons. The van der Waals surface area contributed by atoms with Gasteiger partial charge in [-0.1, -0.05) is 37.1 Å². The number of ether oxygens (including phenoxy) is 1. The summed E-state index contributed by atoms with van der Waals surface area (Å²) in [5, 5.41) is 3.28. The molecule has 2 saturated heterocycles. The van der Waals surface area contributed by atoms with Crippen molar-refractivity contribution in [3.05, 3.63) is 47.8 Å². The SMILES string of the molecule is CC(C)N1C[C@@]23C=C[C@H](O2)[C@H](C(=O)NC2(c4ccc(F)cc4)CCCC2)[C@@H]3C1=O. The van der Waals surface area contributed by atoms with Crippen molar-refractivity contribution in [3.63, 3.8) is 0 Å². The van der Waals surface area contributed by atoms with Crippen molar-refractivity contribution >= 4 is 11.8 Å². The molecule has 0 radical (unpaired) electrons. The van der Waals surface area contributed by atoms with Crippen LogP contribution in [0.25, 0.3) is 0 Å². The molecular weight excluding hydrogens is 371 g/mol. The lowest BCUT2D eigenvalue weighted by Crippen LogP contribution is -2.51. The average Bonchev–Trinajstić information content (AvgIpc) is 3.44. The van der Waals surface area contributed by atoms with Crippen LogP contribution in [0.5, 0.6) is 0 Å². The molecule has 29 heavy (non-hydrogen) atoms. The minimum absolute atomic E-state index is 0.00857. The molecule has 0 unspecified atom stereocenters. The zero-order valence-corrected chi connectivity index (χ0v) is 16.9. The minimum Gasteiger partial charge on any atom is -0.360 e. The van der Waals surface area contributed by atoms with Gasteiger partial charge in [0.1, 0.15) is 11.4 Å². The smallest absolute Gasteiger partial charge is 0.230 e. The zero-order valence-electron chi connectivity index (χ0n) is 16.9. The van der Waals surface area contributed by atoms with Gasteiger partial charge in [0.2, 0.25) is 11.8 Å². The third-order valence-electron chi connectivity index (χ3n) is 7.27. The van der Waals surface area contributed by atoms with E-state index in [1.54, 1.807) is 12.1 Å². The van der Waals surface area contributed by atoms with Gasteiger partial charge in [-0.15, -0.1) is 0 Å². The number of nitrogens with one attached hydrogen (secondary N) is 1. The highest BCUT2D eigenvalue weighted by Gasteiger charge is 2.67. The first-order valence-electron chi connectivity index (χ1n) is 10.6.